The number of allylic oxidation sites excluding steroid dienone is 2. The Kier molecular flexibility index (Phi) is 7.87. The van der Waals surface area contributed by atoms with Gasteiger partial charge in [-0.3, -0.25) is 0 Å². The Labute approximate surface area is 120 Å². The average molecular weight is 285 g/mol. The van der Waals surface area contributed by atoms with Gasteiger partial charge in [-0.25, -0.2) is 0 Å². The fraction of sp³-hybridized carbons (Fsp3) is 0.750. The van der Waals surface area contributed by atoms with Crippen LogP contribution < -0.4 is 0 Å². The minimum atomic E-state index is -1.74. The Morgan fingerprint density at radius 1 is 1.32 bits per heavy atom. The Bertz CT molecular complexity index is 298. The molecule has 0 heterocycles. The second-order valence-electron chi connectivity index (χ2n) is 6.72. The molecule has 19 heavy (non-hydrogen) atoms. The zero-order valence-corrected chi connectivity index (χ0v) is 14.6. The van der Waals surface area contributed by atoms with Crippen LogP contribution >= 0.6 is 0 Å². The van der Waals surface area contributed by atoms with Crippen LogP contribution in [0.15, 0.2) is 24.3 Å². The van der Waals surface area contributed by atoms with E-state index >= 15 is 0 Å². The number of hydrogen-bond donors (Lipinski definition) is 1. The van der Waals surface area contributed by atoms with Crippen molar-refractivity contribution in [1.82, 2.24) is 0 Å². The summed E-state index contributed by atoms with van der Waals surface area (Å²) in [4.78, 5) is 0. The van der Waals surface area contributed by atoms with Crippen LogP contribution in [0.5, 0.6) is 0 Å². The molecule has 0 rings (SSSR count). The van der Waals surface area contributed by atoms with Crippen LogP contribution in [0.1, 0.15) is 47.0 Å². The van der Waals surface area contributed by atoms with Crippen molar-refractivity contribution >= 4 is 8.32 Å². The van der Waals surface area contributed by atoms with E-state index in [1.54, 1.807) is 0 Å². The first-order chi connectivity index (χ1) is 8.62. The summed E-state index contributed by atoms with van der Waals surface area (Å²) < 4.78 is 6.16. The van der Waals surface area contributed by atoms with Crippen molar-refractivity contribution in [2.75, 3.05) is 6.61 Å². The molecule has 0 saturated carbocycles. The lowest BCUT2D eigenvalue weighted by Crippen LogP contribution is -2.41. The molecule has 0 aromatic rings. The smallest absolute Gasteiger partial charge is 0.192 e. The predicted octanol–water partition coefficient (Wildman–Crippen LogP) is 4.67. The second kappa shape index (κ2) is 8.03. The van der Waals surface area contributed by atoms with Gasteiger partial charge in [-0.1, -0.05) is 32.9 Å². The monoisotopic (exact) mass is 284 g/mol. The summed E-state index contributed by atoms with van der Waals surface area (Å²) in [5.74, 6) is 0. The quantitative estimate of drug-likeness (QED) is 0.399. The van der Waals surface area contributed by atoms with Gasteiger partial charge in [0.15, 0.2) is 8.32 Å². The van der Waals surface area contributed by atoms with Gasteiger partial charge in [0.2, 0.25) is 0 Å². The molecule has 0 bridgehead atoms. The van der Waals surface area contributed by atoms with E-state index in [-0.39, 0.29) is 5.04 Å². The van der Waals surface area contributed by atoms with Crippen molar-refractivity contribution in [2.45, 2.75) is 71.2 Å². The van der Waals surface area contributed by atoms with Gasteiger partial charge < -0.3 is 9.53 Å². The molecular weight excluding hydrogens is 252 g/mol. The van der Waals surface area contributed by atoms with Crippen LogP contribution in [0, 0.1) is 0 Å². The maximum Gasteiger partial charge on any atom is 0.192 e. The zero-order valence-electron chi connectivity index (χ0n) is 13.6. The lowest BCUT2D eigenvalue weighted by Gasteiger charge is -2.36. The molecule has 0 aromatic carbocycles. The van der Waals surface area contributed by atoms with Crippen molar-refractivity contribution < 1.29 is 9.53 Å². The van der Waals surface area contributed by atoms with Crippen molar-refractivity contribution in [3.05, 3.63) is 24.3 Å². The SMILES string of the molecule is C=CCCC/C=C(\CO[Si](C)(C)C(C)(C)C)C(C)O. The number of unbranched alkanes of at least 4 members (excludes halogenated alkanes) is 2. The molecule has 0 saturated heterocycles. The van der Waals surface area contributed by atoms with Crippen molar-refractivity contribution in [1.29, 1.82) is 0 Å². The van der Waals surface area contributed by atoms with Crippen molar-refractivity contribution in [3.63, 3.8) is 0 Å². The fourth-order valence-corrected chi connectivity index (χ4v) is 2.34. The number of aliphatic hydroxyl groups excluding tert-OH is 1. The highest BCUT2D eigenvalue weighted by Crippen LogP contribution is 2.36. The summed E-state index contributed by atoms with van der Waals surface area (Å²) in [6, 6.07) is 0. The molecule has 2 nitrogen and oxygen atoms in total. The zero-order chi connectivity index (χ0) is 15.1. The van der Waals surface area contributed by atoms with E-state index in [1.165, 1.54) is 0 Å². The molecule has 0 aliphatic heterocycles. The van der Waals surface area contributed by atoms with Crippen LogP contribution in [0.2, 0.25) is 18.1 Å². The molecule has 1 atom stereocenters. The van der Waals surface area contributed by atoms with Crippen LogP contribution in [-0.2, 0) is 4.43 Å². The van der Waals surface area contributed by atoms with Gasteiger partial charge in [0.1, 0.15) is 0 Å². The van der Waals surface area contributed by atoms with E-state index in [1.807, 2.05) is 13.0 Å². The third kappa shape index (κ3) is 7.09. The first kappa shape index (κ1) is 18.6. The molecule has 3 heteroatoms. The number of aliphatic hydroxyl groups is 1. The minimum Gasteiger partial charge on any atom is -0.413 e. The maximum atomic E-state index is 9.82. The highest BCUT2D eigenvalue weighted by molar-refractivity contribution is 6.74. The molecule has 0 fully saturated rings. The van der Waals surface area contributed by atoms with Gasteiger partial charge in [-0.05, 0) is 49.9 Å². The fourth-order valence-electron chi connectivity index (χ4n) is 1.38. The van der Waals surface area contributed by atoms with E-state index in [0.717, 1.165) is 24.8 Å². The number of hydrogen-bond acceptors (Lipinski definition) is 2. The summed E-state index contributed by atoms with van der Waals surface area (Å²) in [6.07, 6.45) is 6.72. The van der Waals surface area contributed by atoms with Gasteiger partial charge in [0.25, 0.3) is 0 Å². The summed E-state index contributed by atoms with van der Waals surface area (Å²) in [7, 11) is -1.74. The summed E-state index contributed by atoms with van der Waals surface area (Å²) in [5.41, 5.74) is 1.01. The average Bonchev–Trinajstić information content (AvgIpc) is 2.25. The Hall–Kier alpha value is -0.383. The summed E-state index contributed by atoms with van der Waals surface area (Å²) in [5, 5.41) is 10.0. The molecule has 0 aliphatic rings. The molecular formula is C16H32O2Si. The first-order valence-electron chi connectivity index (χ1n) is 7.23. The van der Waals surface area contributed by atoms with Crippen LogP contribution in [0.4, 0.5) is 0 Å². The van der Waals surface area contributed by atoms with Gasteiger partial charge in [0.05, 0.1) is 12.7 Å². The molecule has 0 aliphatic carbocycles. The third-order valence-electron chi connectivity index (χ3n) is 3.96. The second-order valence-corrected chi connectivity index (χ2v) is 11.5. The lowest BCUT2D eigenvalue weighted by atomic mass is 10.1. The van der Waals surface area contributed by atoms with Crippen LogP contribution in [0.3, 0.4) is 0 Å². The summed E-state index contributed by atoms with van der Waals surface area (Å²) >= 11 is 0. The van der Waals surface area contributed by atoms with E-state index in [9.17, 15) is 5.11 Å². The van der Waals surface area contributed by atoms with E-state index in [2.05, 4.69) is 46.5 Å². The topological polar surface area (TPSA) is 29.5 Å². The summed E-state index contributed by atoms with van der Waals surface area (Å²) in [6.45, 7) is 17.3. The third-order valence-corrected chi connectivity index (χ3v) is 8.44. The number of rotatable bonds is 8. The highest BCUT2D eigenvalue weighted by atomic mass is 28.4. The minimum absolute atomic E-state index is 0.208. The molecule has 0 spiro atoms. The predicted molar refractivity (Wildman–Crippen MR) is 87.0 cm³/mol. The Morgan fingerprint density at radius 2 is 1.89 bits per heavy atom. The van der Waals surface area contributed by atoms with E-state index < -0.39 is 14.4 Å². The van der Waals surface area contributed by atoms with Crippen LogP contribution in [-0.4, -0.2) is 26.1 Å². The van der Waals surface area contributed by atoms with Gasteiger partial charge >= 0.3 is 0 Å². The highest BCUT2D eigenvalue weighted by Gasteiger charge is 2.37. The van der Waals surface area contributed by atoms with Crippen LogP contribution in [0.25, 0.3) is 0 Å². The maximum absolute atomic E-state index is 9.82. The van der Waals surface area contributed by atoms with E-state index in [0.29, 0.717) is 6.61 Å². The molecule has 0 radical (unpaired) electrons. The molecule has 0 aromatic heterocycles. The molecule has 0 amide bonds. The standard InChI is InChI=1S/C16H32O2Si/c1-8-9-10-11-12-15(14(2)17)13-18-19(6,7)16(3,4)5/h8,12,14,17H,1,9-11,13H2,2-7H3/b15-12+. The normalized spacial score (nSPS) is 15.4. The Morgan fingerprint density at radius 3 is 2.32 bits per heavy atom. The van der Waals surface area contributed by atoms with E-state index in [4.69, 9.17) is 4.43 Å². The molecule has 1 N–H and O–H groups in total. The van der Waals surface area contributed by atoms with Crippen molar-refractivity contribution in [2.24, 2.45) is 0 Å². The largest absolute Gasteiger partial charge is 0.413 e. The molecule has 1 unspecified atom stereocenters. The first-order valence-corrected chi connectivity index (χ1v) is 10.1. The Balaban J connectivity index is 4.48. The lowest BCUT2D eigenvalue weighted by molar-refractivity contribution is 0.204. The van der Waals surface area contributed by atoms with Gasteiger partial charge in [0, 0.05) is 0 Å². The molecule has 112 valence electrons. The van der Waals surface area contributed by atoms with Gasteiger partial charge in [-0.15, -0.1) is 6.58 Å². The van der Waals surface area contributed by atoms with Gasteiger partial charge in [-0.2, -0.15) is 0 Å². The van der Waals surface area contributed by atoms with Crippen molar-refractivity contribution in [3.8, 4) is 0 Å².